The van der Waals surface area contributed by atoms with E-state index < -0.39 is 0 Å². The van der Waals surface area contributed by atoms with Crippen LogP contribution in [0.25, 0.3) is 0 Å². The minimum absolute atomic E-state index is 0.0139. The molecule has 0 saturated carbocycles. The van der Waals surface area contributed by atoms with E-state index in [1.165, 1.54) is 0 Å². The number of anilines is 1. The van der Waals surface area contributed by atoms with Crippen LogP contribution >= 0.6 is 27.7 Å². The molecule has 0 bridgehead atoms. The molecule has 0 spiro atoms. The van der Waals surface area contributed by atoms with Crippen molar-refractivity contribution in [3.05, 3.63) is 58.6 Å². The van der Waals surface area contributed by atoms with Crippen molar-refractivity contribution < 1.29 is 4.79 Å². The average Bonchev–Trinajstić information content (AvgIpc) is 2.43. The van der Waals surface area contributed by atoms with E-state index in [1.54, 1.807) is 11.8 Å². The zero-order valence-electron chi connectivity index (χ0n) is 11.4. The van der Waals surface area contributed by atoms with Gasteiger partial charge in [0.15, 0.2) is 0 Å². The zero-order chi connectivity index (χ0) is 14.5. The number of para-hydroxylation sites is 1. The number of rotatable bonds is 4. The van der Waals surface area contributed by atoms with Crippen LogP contribution in [0.4, 0.5) is 5.69 Å². The molecule has 1 unspecified atom stereocenters. The molecule has 0 aromatic heterocycles. The molecule has 0 saturated heterocycles. The minimum Gasteiger partial charge on any atom is -0.325 e. The summed E-state index contributed by atoms with van der Waals surface area (Å²) in [4.78, 5) is 13.3. The number of carbonyl (C=O) groups is 1. The minimum atomic E-state index is -0.159. The summed E-state index contributed by atoms with van der Waals surface area (Å²) >= 11 is 5.04. The van der Waals surface area contributed by atoms with Gasteiger partial charge in [0.2, 0.25) is 5.91 Å². The molecule has 104 valence electrons. The van der Waals surface area contributed by atoms with Crippen LogP contribution in [0.3, 0.4) is 0 Å². The maximum atomic E-state index is 12.2. The molecule has 1 atom stereocenters. The van der Waals surface area contributed by atoms with Crippen molar-refractivity contribution in [2.45, 2.75) is 24.0 Å². The molecule has 0 heterocycles. The van der Waals surface area contributed by atoms with Gasteiger partial charge in [-0.3, -0.25) is 4.79 Å². The number of benzene rings is 2. The Morgan fingerprint density at radius 1 is 1.15 bits per heavy atom. The van der Waals surface area contributed by atoms with E-state index in [1.807, 2.05) is 62.4 Å². The lowest BCUT2D eigenvalue weighted by Crippen LogP contribution is -2.22. The fourth-order valence-corrected chi connectivity index (χ4v) is 3.18. The number of hydrogen-bond acceptors (Lipinski definition) is 2. The van der Waals surface area contributed by atoms with Crippen LogP contribution in [0.1, 0.15) is 12.5 Å². The molecular weight excluding hydrogens is 334 g/mol. The highest BCUT2D eigenvalue weighted by atomic mass is 79.9. The van der Waals surface area contributed by atoms with Crippen molar-refractivity contribution in [2.24, 2.45) is 0 Å². The second kappa shape index (κ2) is 6.95. The standard InChI is InChI=1S/C16H16BrNOS/c1-11-7-3-5-9-14(11)18-16(19)12(2)20-15-10-6-4-8-13(15)17/h3-10,12H,1-2H3,(H,18,19). The van der Waals surface area contributed by atoms with Crippen molar-refractivity contribution >= 4 is 39.3 Å². The molecule has 0 aliphatic carbocycles. The van der Waals surface area contributed by atoms with E-state index in [2.05, 4.69) is 21.2 Å². The monoisotopic (exact) mass is 349 g/mol. The maximum Gasteiger partial charge on any atom is 0.237 e. The third kappa shape index (κ3) is 3.87. The summed E-state index contributed by atoms with van der Waals surface area (Å²) in [5.74, 6) is 0.0139. The molecule has 1 amide bonds. The van der Waals surface area contributed by atoms with E-state index in [0.29, 0.717) is 0 Å². The highest BCUT2D eigenvalue weighted by Crippen LogP contribution is 2.30. The molecule has 2 rings (SSSR count). The molecule has 2 aromatic carbocycles. The molecule has 0 radical (unpaired) electrons. The van der Waals surface area contributed by atoms with Gasteiger partial charge < -0.3 is 5.32 Å². The van der Waals surface area contributed by atoms with Gasteiger partial charge in [-0.15, -0.1) is 11.8 Å². The van der Waals surface area contributed by atoms with Crippen molar-refractivity contribution in [3.63, 3.8) is 0 Å². The first-order valence-electron chi connectivity index (χ1n) is 6.35. The van der Waals surface area contributed by atoms with Gasteiger partial charge in [-0.1, -0.05) is 30.3 Å². The van der Waals surface area contributed by atoms with E-state index >= 15 is 0 Å². The van der Waals surface area contributed by atoms with E-state index in [4.69, 9.17) is 0 Å². The summed E-state index contributed by atoms with van der Waals surface area (Å²) in [5.41, 5.74) is 1.94. The van der Waals surface area contributed by atoms with Crippen LogP contribution in [0.15, 0.2) is 57.9 Å². The van der Waals surface area contributed by atoms with Crippen LogP contribution in [0.2, 0.25) is 0 Å². The first kappa shape index (κ1) is 15.1. The maximum absolute atomic E-state index is 12.2. The number of halogens is 1. The Kier molecular flexibility index (Phi) is 5.26. The van der Waals surface area contributed by atoms with Gasteiger partial charge >= 0.3 is 0 Å². The zero-order valence-corrected chi connectivity index (χ0v) is 13.8. The second-order valence-electron chi connectivity index (χ2n) is 4.49. The molecule has 0 aliphatic heterocycles. The molecule has 0 aliphatic rings. The summed E-state index contributed by atoms with van der Waals surface area (Å²) in [5, 5.41) is 2.82. The Balaban J connectivity index is 2.03. The Labute approximate surface area is 132 Å². The first-order chi connectivity index (χ1) is 9.58. The van der Waals surface area contributed by atoms with Crippen LogP contribution in [-0.4, -0.2) is 11.2 Å². The van der Waals surface area contributed by atoms with E-state index in [0.717, 1.165) is 20.6 Å². The predicted molar refractivity (Wildman–Crippen MR) is 89.3 cm³/mol. The SMILES string of the molecule is Cc1ccccc1NC(=O)C(C)Sc1ccccc1Br. The van der Waals surface area contributed by atoms with Gasteiger partial charge in [-0.05, 0) is 53.5 Å². The number of hydrogen-bond donors (Lipinski definition) is 1. The Morgan fingerprint density at radius 2 is 1.80 bits per heavy atom. The van der Waals surface area contributed by atoms with Gasteiger partial charge in [0.25, 0.3) is 0 Å². The van der Waals surface area contributed by atoms with Gasteiger partial charge in [-0.2, -0.15) is 0 Å². The van der Waals surface area contributed by atoms with Crippen molar-refractivity contribution in [2.75, 3.05) is 5.32 Å². The van der Waals surface area contributed by atoms with Crippen molar-refractivity contribution in [1.82, 2.24) is 0 Å². The fourth-order valence-electron chi connectivity index (χ4n) is 1.73. The highest BCUT2D eigenvalue weighted by Gasteiger charge is 2.16. The second-order valence-corrected chi connectivity index (χ2v) is 6.73. The fraction of sp³-hybridized carbons (Fsp3) is 0.188. The quantitative estimate of drug-likeness (QED) is 0.797. The average molecular weight is 350 g/mol. The molecule has 1 N–H and O–H groups in total. The molecule has 2 nitrogen and oxygen atoms in total. The third-order valence-corrected chi connectivity index (χ3v) is 5.04. The number of aryl methyl sites for hydroxylation is 1. The summed E-state index contributed by atoms with van der Waals surface area (Å²) in [6.45, 7) is 3.90. The highest BCUT2D eigenvalue weighted by molar-refractivity contribution is 9.10. The lowest BCUT2D eigenvalue weighted by Gasteiger charge is -2.14. The van der Waals surface area contributed by atoms with Gasteiger partial charge in [-0.25, -0.2) is 0 Å². The summed E-state index contributed by atoms with van der Waals surface area (Å²) in [6, 6.07) is 15.7. The first-order valence-corrected chi connectivity index (χ1v) is 8.03. The van der Waals surface area contributed by atoms with Gasteiger partial charge in [0.1, 0.15) is 0 Å². The summed E-state index contributed by atoms with van der Waals surface area (Å²) in [6.07, 6.45) is 0. The molecular formula is C16H16BrNOS. The van der Waals surface area contributed by atoms with Crippen molar-refractivity contribution in [1.29, 1.82) is 0 Å². The summed E-state index contributed by atoms with van der Waals surface area (Å²) in [7, 11) is 0. The molecule has 0 fully saturated rings. The topological polar surface area (TPSA) is 29.1 Å². The molecule has 20 heavy (non-hydrogen) atoms. The molecule has 2 aromatic rings. The van der Waals surface area contributed by atoms with Crippen molar-refractivity contribution in [3.8, 4) is 0 Å². The van der Waals surface area contributed by atoms with Crippen LogP contribution < -0.4 is 5.32 Å². The Hall–Kier alpha value is -1.26. The number of thioether (sulfide) groups is 1. The van der Waals surface area contributed by atoms with E-state index in [-0.39, 0.29) is 11.2 Å². The van der Waals surface area contributed by atoms with Gasteiger partial charge in [0, 0.05) is 15.1 Å². The predicted octanol–water partition coefficient (Wildman–Crippen LogP) is 4.88. The van der Waals surface area contributed by atoms with Crippen LogP contribution in [0, 0.1) is 6.92 Å². The largest absolute Gasteiger partial charge is 0.325 e. The van der Waals surface area contributed by atoms with Crippen LogP contribution in [-0.2, 0) is 4.79 Å². The van der Waals surface area contributed by atoms with Crippen LogP contribution in [0.5, 0.6) is 0 Å². The third-order valence-electron chi connectivity index (χ3n) is 2.91. The normalized spacial score (nSPS) is 11.9. The lowest BCUT2D eigenvalue weighted by atomic mass is 10.2. The van der Waals surface area contributed by atoms with Gasteiger partial charge in [0.05, 0.1) is 5.25 Å². The number of nitrogens with one attached hydrogen (secondary N) is 1. The van der Waals surface area contributed by atoms with E-state index in [9.17, 15) is 4.79 Å². The molecule has 4 heteroatoms. The Morgan fingerprint density at radius 3 is 2.50 bits per heavy atom. The lowest BCUT2D eigenvalue weighted by molar-refractivity contribution is -0.115. The summed E-state index contributed by atoms with van der Waals surface area (Å²) < 4.78 is 1.01. The Bertz CT molecular complexity index is 615. The smallest absolute Gasteiger partial charge is 0.237 e. The number of carbonyl (C=O) groups excluding carboxylic acids is 1. The number of amides is 1.